The average molecular weight is 309 g/mol. The number of carbonyl (C=O) groups is 1. The van der Waals surface area contributed by atoms with Crippen LogP contribution in [-0.2, 0) is 11.2 Å². The lowest BCUT2D eigenvalue weighted by Gasteiger charge is -2.06. The van der Waals surface area contributed by atoms with E-state index in [1.54, 1.807) is 13.2 Å². The fraction of sp³-hybridized carbons (Fsp3) is 0.222. The van der Waals surface area contributed by atoms with Gasteiger partial charge in [-0.05, 0) is 36.8 Å². The van der Waals surface area contributed by atoms with Gasteiger partial charge in [0.15, 0.2) is 0 Å². The van der Waals surface area contributed by atoms with E-state index >= 15 is 0 Å². The van der Waals surface area contributed by atoms with Crippen molar-refractivity contribution in [2.45, 2.75) is 19.8 Å². The second-order valence-corrected chi connectivity index (χ2v) is 5.48. The van der Waals surface area contributed by atoms with Crippen molar-refractivity contribution >= 4 is 22.6 Å². The van der Waals surface area contributed by atoms with E-state index < -0.39 is 0 Å². The van der Waals surface area contributed by atoms with Gasteiger partial charge in [-0.1, -0.05) is 12.1 Å². The molecule has 5 nitrogen and oxygen atoms in total. The van der Waals surface area contributed by atoms with Crippen LogP contribution in [0.15, 0.2) is 42.5 Å². The molecule has 0 aliphatic rings. The number of imidazole rings is 1. The number of rotatable bonds is 5. The highest BCUT2D eigenvalue weighted by atomic mass is 16.5. The lowest BCUT2D eigenvalue weighted by molar-refractivity contribution is -0.116. The molecule has 0 bridgehead atoms. The third-order valence-corrected chi connectivity index (χ3v) is 3.63. The topological polar surface area (TPSA) is 67.0 Å². The first kappa shape index (κ1) is 15.1. The third-order valence-electron chi connectivity index (χ3n) is 3.63. The molecule has 3 rings (SSSR count). The number of hydrogen-bond donors (Lipinski definition) is 2. The predicted octanol–water partition coefficient (Wildman–Crippen LogP) is 3.45. The molecule has 23 heavy (non-hydrogen) atoms. The highest BCUT2D eigenvalue weighted by molar-refractivity contribution is 5.91. The van der Waals surface area contributed by atoms with Gasteiger partial charge in [-0.25, -0.2) is 4.98 Å². The number of carbonyl (C=O) groups excluding carboxylic acids is 1. The van der Waals surface area contributed by atoms with Crippen LogP contribution in [0, 0.1) is 6.92 Å². The van der Waals surface area contributed by atoms with E-state index in [1.807, 2.05) is 37.3 Å². The lowest BCUT2D eigenvalue weighted by atomic mass is 10.2. The first-order chi connectivity index (χ1) is 11.1. The molecule has 3 aromatic rings. The summed E-state index contributed by atoms with van der Waals surface area (Å²) in [4.78, 5) is 19.8. The van der Waals surface area contributed by atoms with Crippen molar-refractivity contribution in [2.75, 3.05) is 12.4 Å². The Balaban J connectivity index is 1.61. The summed E-state index contributed by atoms with van der Waals surface area (Å²) in [7, 11) is 1.60. The van der Waals surface area contributed by atoms with Gasteiger partial charge in [-0.15, -0.1) is 0 Å². The van der Waals surface area contributed by atoms with Crippen molar-refractivity contribution in [3.05, 3.63) is 53.9 Å². The molecule has 2 N–H and O–H groups in total. The first-order valence-corrected chi connectivity index (χ1v) is 7.53. The van der Waals surface area contributed by atoms with Gasteiger partial charge in [0.25, 0.3) is 0 Å². The van der Waals surface area contributed by atoms with E-state index in [9.17, 15) is 4.79 Å². The average Bonchev–Trinajstić information content (AvgIpc) is 2.95. The molecule has 118 valence electrons. The fourth-order valence-electron chi connectivity index (χ4n) is 2.45. The standard InChI is InChI=1S/C18H19N3O2/c1-12-6-7-15-16(10-12)21-17(20-15)8-9-18(22)19-13-4-3-5-14(11-13)23-2/h3-7,10-11H,8-9H2,1-2H3,(H,19,22)(H,20,21). The number of nitrogens with one attached hydrogen (secondary N) is 2. The highest BCUT2D eigenvalue weighted by Gasteiger charge is 2.07. The van der Waals surface area contributed by atoms with Gasteiger partial charge in [0.1, 0.15) is 11.6 Å². The molecule has 0 radical (unpaired) electrons. The molecular formula is C18H19N3O2. The third kappa shape index (κ3) is 3.69. The van der Waals surface area contributed by atoms with Crippen molar-refractivity contribution < 1.29 is 9.53 Å². The molecule has 5 heteroatoms. The number of aryl methyl sites for hydroxylation is 2. The number of H-pyrrole nitrogens is 1. The number of ether oxygens (including phenoxy) is 1. The molecule has 1 heterocycles. The van der Waals surface area contributed by atoms with Crippen LogP contribution in [0.25, 0.3) is 11.0 Å². The van der Waals surface area contributed by atoms with Crippen molar-refractivity contribution in [2.24, 2.45) is 0 Å². The number of aromatic amines is 1. The summed E-state index contributed by atoms with van der Waals surface area (Å²) in [5.41, 5.74) is 3.85. The zero-order valence-corrected chi connectivity index (χ0v) is 13.2. The normalized spacial score (nSPS) is 10.7. The molecule has 0 aliphatic carbocycles. The van der Waals surface area contributed by atoms with E-state index in [2.05, 4.69) is 21.4 Å². The first-order valence-electron chi connectivity index (χ1n) is 7.53. The van der Waals surface area contributed by atoms with Gasteiger partial charge in [0.05, 0.1) is 18.1 Å². The van der Waals surface area contributed by atoms with Gasteiger partial charge in [0, 0.05) is 24.6 Å². The van der Waals surface area contributed by atoms with Crippen LogP contribution in [0.4, 0.5) is 5.69 Å². The minimum absolute atomic E-state index is 0.0464. The van der Waals surface area contributed by atoms with E-state index in [1.165, 1.54) is 5.56 Å². The zero-order chi connectivity index (χ0) is 16.2. The molecule has 0 spiro atoms. The minimum Gasteiger partial charge on any atom is -0.497 e. The quantitative estimate of drug-likeness (QED) is 0.758. The van der Waals surface area contributed by atoms with Crippen LogP contribution in [0.5, 0.6) is 5.75 Å². The summed E-state index contributed by atoms with van der Waals surface area (Å²) in [6.07, 6.45) is 0.944. The zero-order valence-electron chi connectivity index (χ0n) is 13.2. The van der Waals surface area contributed by atoms with Crippen LogP contribution in [-0.4, -0.2) is 23.0 Å². The number of anilines is 1. The Morgan fingerprint density at radius 3 is 2.96 bits per heavy atom. The monoisotopic (exact) mass is 309 g/mol. The van der Waals surface area contributed by atoms with Crippen molar-refractivity contribution in [3.63, 3.8) is 0 Å². The molecule has 2 aromatic carbocycles. The van der Waals surface area contributed by atoms with Crippen molar-refractivity contribution in [1.82, 2.24) is 9.97 Å². The van der Waals surface area contributed by atoms with Gasteiger partial charge < -0.3 is 15.0 Å². The Morgan fingerprint density at radius 2 is 2.13 bits per heavy atom. The Bertz CT molecular complexity index is 839. The Labute approximate surface area is 134 Å². The number of benzene rings is 2. The number of amides is 1. The van der Waals surface area contributed by atoms with Gasteiger partial charge in [-0.2, -0.15) is 0 Å². The van der Waals surface area contributed by atoms with E-state index in [4.69, 9.17) is 4.74 Å². The van der Waals surface area contributed by atoms with Crippen LogP contribution in [0.3, 0.4) is 0 Å². The van der Waals surface area contributed by atoms with Gasteiger partial charge >= 0.3 is 0 Å². The lowest BCUT2D eigenvalue weighted by Crippen LogP contribution is -2.12. The van der Waals surface area contributed by atoms with Crippen LogP contribution in [0.2, 0.25) is 0 Å². The summed E-state index contributed by atoms with van der Waals surface area (Å²) in [6.45, 7) is 2.04. The molecule has 1 amide bonds. The second kappa shape index (κ2) is 6.52. The predicted molar refractivity (Wildman–Crippen MR) is 90.8 cm³/mol. The summed E-state index contributed by atoms with van der Waals surface area (Å²) in [6, 6.07) is 13.4. The number of methoxy groups -OCH3 is 1. The molecule has 0 fully saturated rings. The molecule has 0 aliphatic heterocycles. The smallest absolute Gasteiger partial charge is 0.224 e. The Hall–Kier alpha value is -2.82. The summed E-state index contributed by atoms with van der Waals surface area (Å²) in [5.74, 6) is 1.50. The summed E-state index contributed by atoms with van der Waals surface area (Å²) >= 11 is 0. The number of fused-ring (bicyclic) bond motifs is 1. The number of aromatic nitrogens is 2. The molecule has 0 unspecified atom stereocenters. The summed E-state index contributed by atoms with van der Waals surface area (Å²) in [5, 5.41) is 2.87. The minimum atomic E-state index is -0.0464. The SMILES string of the molecule is COc1cccc(NC(=O)CCc2nc3ccc(C)cc3[nH]2)c1. The van der Waals surface area contributed by atoms with E-state index in [-0.39, 0.29) is 5.91 Å². The second-order valence-electron chi connectivity index (χ2n) is 5.48. The molecule has 0 saturated heterocycles. The molecule has 0 saturated carbocycles. The van der Waals surface area contributed by atoms with Gasteiger partial charge in [0.2, 0.25) is 5.91 Å². The Kier molecular flexibility index (Phi) is 4.28. The van der Waals surface area contributed by atoms with Crippen LogP contribution >= 0.6 is 0 Å². The summed E-state index contributed by atoms with van der Waals surface area (Å²) < 4.78 is 5.14. The molecule has 0 atom stereocenters. The maximum atomic E-state index is 12.1. The maximum Gasteiger partial charge on any atom is 0.224 e. The van der Waals surface area contributed by atoms with Crippen molar-refractivity contribution in [1.29, 1.82) is 0 Å². The van der Waals surface area contributed by atoms with Gasteiger partial charge in [-0.3, -0.25) is 4.79 Å². The number of hydrogen-bond acceptors (Lipinski definition) is 3. The highest BCUT2D eigenvalue weighted by Crippen LogP contribution is 2.17. The maximum absolute atomic E-state index is 12.1. The van der Waals surface area contributed by atoms with E-state index in [0.717, 1.165) is 28.3 Å². The Morgan fingerprint density at radius 1 is 1.26 bits per heavy atom. The largest absolute Gasteiger partial charge is 0.497 e. The van der Waals surface area contributed by atoms with Crippen LogP contribution < -0.4 is 10.1 Å². The fourth-order valence-corrected chi connectivity index (χ4v) is 2.45. The van der Waals surface area contributed by atoms with Crippen molar-refractivity contribution in [3.8, 4) is 5.75 Å². The van der Waals surface area contributed by atoms with E-state index in [0.29, 0.717) is 12.8 Å². The molecular weight excluding hydrogens is 290 g/mol. The molecule has 1 aromatic heterocycles. The number of nitrogens with zero attached hydrogens (tertiary/aromatic N) is 1. The van der Waals surface area contributed by atoms with Crippen LogP contribution in [0.1, 0.15) is 17.8 Å².